The van der Waals surface area contributed by atoms with Crippen LogP contribution in [0.2, 0.25) is 0 Å². The molecule has 8 nitrogen and oxygen atoms in total. The van der Waals surface area contributed by atoms with Gasteiger partial charge in [-0.1, -0.05) is 30.3 Å². The van der Waals surface area contributed by atoms with Crippen LogP contribution < -0.4 is 16.2 Å². The Kier molecular flexibility index (Phi) is 6.37. The summed E-state index contributed by atoms with van der Waals surface area (Å²) < 4.78 is 6.57. The molecule has 0 saturated carbocycles. The number of aryl methyl sites for hydroxylation is 1. The smallest absolute Gasteiger partial charge is 0.405 e. The predicted molar refractivity (Wildman–Crippen MR) is 114 cm³/mol. The second-order valence-corrected chi connectivity index (χ2v) is 7.57. The molecular formula is C20H18IN3O5. The Hall–Kier alpha value is -3.08. The average Bonchev–Trinajstić information content (AvgIpc) is 3.04. The molecule has 0 aliphatic carbocycles. The number of benzene rings is 2. The van der Waals surface area contributed by atoms with E-state index in [0.29, 0.717) is 11.1 Å². The largest absolute Gasteiger partial charge is 0.465 e. The molecule has 150 valence electrons. The molecule has 9 heteroatoms. The second-order valence-electron chi connectivity index (χ2n) is 6.33. The summed E-state index contributed by atoms with van der Waals surface area (Å²) in [6, 6.07) is 13.5. The van der Waals surface area contributed by atoms with Gasteiger partial charge in [0.1, 0.15) is 11.6 Å². The number of halogens is 1. The lowest BCUT2D eigenvalue weighted by Crippen LogP contribution is -2.53. The third kappa shape index (κ3) is 5.05. The number of carbonyl (C=O) groups excluding carboxylic acids is 2. The topological polar surface area (TPSA) is 121 Å². The van der Waals surface area contributed by atoms with Gasteiger partial charge in [0.15, 0.2) is 5.76 Å². The Balaban J connectivity index is 1.68. The molecule has 0 aliphatic rings. The number of fused-ring (bicyclic) bond motifs is 1. The third-order valence-electron chi connectivity index (χ3n) is 4.32. The molecule has 0 radical (unpaired) electrons. The minimum absolute atomic E-state index is 0.0758. The molecule has 1 heterocycles. The van der Waals surface area contributed by atoms with Crippen molar-refractivity contribution in [3.63, 3.8) is 0 Å². The molecule has 3 aromatic rings. The van der Waals surface area contributed by atoms with Gasteiger partial charge in [-0.25, -0.2) is 4.79 Å². The van der Waals surface area contributed by atoms with Crippen molar-refractivity contribution in [3.8, 4) is 0 Å². The number of hydrogen-bond donors (Lipinski definition) is 4. The average molecular weight is 507 g/mol. The lowest BCUT2D eigenvalue weighted by Gasteiger charge is -2.17. The van der Waals surface area contributed by atoms with Crippen molar-refractivity contribution in [3.05, 3.63) is 69.0 Å². The van der Waals surface area contributed by atoms with Gasteiger partial charge in [0.05, 0.1) is 0 Å². The van der Waals surface area contributed by atoms with E-state index in [-0.39, 0.29) is 12.2 Å². The molecule has 1 unspecified atom stereocenters. The van der Waals surface area contributed by atoms with Crippen LogP contribution in [0, 0.1) is 10.5 Å². The van der Waals surface area contributed by atoms with E-state index in [1.807, 2.05) is 36.4 Å². The summed E-state index contributed by atoms with van der Waals surface area (Å²) >= 11 is 2.15. The van der Waals surface area contributed by atoms with E-state index in [0.717, 1.165) is 14.5 Å². The van der Waals surface area contributed by atoms with E-state index >= 15 is 0 Å². The van der Waals surface area contributed by atoms with Crippen molar-refractivity contribution in [2.24, 2.45) is 0 Å². The molecular weight excluding hydrogens is 489 g/mol. The molecule has 0 aliphatic heterocycles. The Bertz CT molecular complexity index is 1060. The van der Waals surface area contributed by atoms with E-state index < -0.39 is 23.9 Å². The second kappa shape index (κ2) is 8.95. The number of nitrogens with one attached hydrogen (secondary N) is 3. The minimum Gasteiger partial charge on any atom is -0.465 e. The zero-order valence-corrected chi connectivity index (χ0v) is 17.5. The van der Waals surface area contributed by atoms with E-state index in [4.69, 9.17) is 9.52 Å². The van der Waals surface area contributed by atoms with Crippen molar-refractivity contribution in [2.45, 2.75) is 19.4 Å². The van der Waals surface area contributed by atoms with E-state index in [1.165, 1.54) is 0 Å². The Morgan fingerprint density at radius 1 is 1.07 bits per heavy atom. The molecule has 3 rings (SSSR count). The molecule has 1 aromatic heterocycles. The fraction of sp³-hybridized carbons (Fsp3) is 0.150. The van der Waals surface area contributed by atoms with Crippen molar-refractivity contribution in [1.82, 2.24) is 16.2 Å². The minimum atomic E-state index is -1.34. The first-order valence-electron chi connectivity index (χ1n) is 8.67. The summed E-state index contributed by atoms with van der Waals surface area (Å²) in [6.45, 7) is 1.74. The Labute approximate surface area is 179 Å². The normalized spacial score (nSPS) is 11.7. The maximum Gasteiger partial charge on any atom is 0.405 e. The highest BCUT2D eigenvalue weighted by Crippen LogP contribution is 2.24. The van der Waals surface area contributed by atoms with Crippen molar-refractivity contribution >= 4 is 51.5 Å². The number of furan rings is 1. The van der Waals surface area contributed by atoms with Gasteiger partial charge >= 0.3 is 12.0 Å². The highest BCUT2D eigenvalue weighted by atomic mass is 127. The summed E-state index contributed by atoms with van der Waals surface area (Å²) in [5.74, 6) is -1.24. The zero-order chi connectivity index (χ0) is 21.0. The van der Waals surface area contributed by atoms with Crippen LogP contribution in [0.3, 0.4) is 0 Å². The van der Waals surface area contributed by atoms with Gasteiger partial charge < -0.3 is 14.8 Å². The summed E-state index contributed by atoms with van der Waals surface area (Å²) in [5, 5.41) is 12.0. The number of carboxylic acid groups (broad SMARTS) is 1. The standard InChI is InChI=1S/C20H18IN3O5/c1-11-14-4-2-3-5-16(14)29-17(11)19(26)24-23-18(25)15(22-20(27)28)10-12-6-8-13(21)9-7-12/h2-9,15,22H,10H2,1H3,(H,23,25)(H,24,26)(H,27,28). The summed E-state index contributed by atoms with van der Waals surface area (Å²) in [6.07, 6.45) is -1.20. The fourth-order valence-electron chi connectivity index (χ4n) is 2.87. The number of carbonyl (C=O) groups is 3. The monoisotopic (exact) mass is 507 g/mol. The zero-order valence-electron chi connectivity index (χ0n) is 15.4. The highest BCUT2D eigenvalue weighted by molar-refractivity contribution is 14.1. The molecule has 0 saturated heterocycles. The van der Waals surface area contributed by atoms with Crippen molar-refractivity contribution in [1.29, 1.82) is 0 Å². The van der Waals surface area contributed by atoms with E-state index in [9.17, 15) is 14.4 Å². The number of rotatable bonds is 5. The first kappa shape index (κ1) is 20.6. The first-order valence-corrected chi connectivity index (χ1v) is 9.75. The highest BCUT2D eigenvalue weighted by Gasteiger charge is 2.23. The third-order valence-corrected chi connectivity index (χ3v) is 5.04. The van der Waals surface area contributed by atoms with Gasteiger partial charge in [-0.05, 0) is 53.3 Å². The van der Waals surface area contributed by atoms with Crippen LogP contribution in [0.5, 0.6) is 0 Å². The maximum atomic E-state index is 12.5. The van der Waals surface area contributed by atoms with Gasteiger partial charge in [-0.3, -0.25) is 20.4 Å². The van der Waals surface area contributed by atoms with Gasteiger partial charge in [-0.15, -0.1) is 0 Å². The SMILES string of the molecule is Cc1c(C(=O)NNC(=O)C(Cc2ccc(I)cc2)NC(=O)O)oc2ccccc12. The molecule has 0 spiro atoms. The Morgan fingerprint density at radius 3 is 2.41 bits per heavy atom. The van der Waals surface area contributed by atoms with Crippen LogP contribution in [0.1, 0.15) is 21.7 Å². The van der Waals surface area contributed by atoms with Crippen molar-refractivity contribution in [2.75, 3.05) is 0 Å². The quantitative estimate of drug-likeness (QED) is 0.313. The number of hydrazine groups is 1. The summed E-state index contributed by atoms with van der Waals surface area (Å²) in [5.41, 5.74) is 6.53. The van der Waals surface area contributed by atoms with Gasteiger partial charge in [0.25, 0.3) is 5.91 Å². The number of hydrogen-bond acceptors (Lipinski definition) is 4. The first-order chi connectivity index (χ1) is 13.8. The molecule has 0 fully saturated rings. The van der Waals surface area contributed by atoms with Gasteiger partial charge in [0.2, 0.25) is 0 Å². The summed E-state index contributed by atoms with van der Waals surface area (Å²) in [7, 11) is 0. The molecule has 2 aromatic carbocycles. The number of amides is 3. The van der Waals surface area contributed by atoms with Crippen LogP contribution in [0.4, 0.5) is 4.79 Å². The van der Waals surface area contributed by atoms with Gasteiger partial charge in [0, 0.05) is 20.9 Å². The predicted octanol–water partition coefficient (Wildman–Crippen LogP) is 2.99. The fourth-order valence-corrected chi connectivity index (χ4v) is 3.23. The van der Waals surface area contributed by atoms with E-state index in [2.05, 4.69) is 38.8 Å². The molecule has 4 N–H and O–H groups in total. The van der Waals surface area contributed by atoms with E-state index in [1.54, 1.807) is 19.1 Å². The van der Waals surface area contributed by atoms with Crippen LogP contribution in [-0.2, 0) is 11.2 Å². The van der Waals surface area contributed by atoms with Crippen LogP contribution in [-0.4, -0.2) is 29.1 Å². The Morgan fingerprint density at radius 2 is 1.76 bits per heavy atom. The summed E-state index contributed by atoms with van der Waals surface area (Å²) in [4.78, 5) is 35.9. The lowest BCUT2D eigenvalue weighted by atomic mass is 10.1. The molecule has 1 atom stereocenters. The lowest BCUT2D eigenvalue weighted by molar-refractivity contribution is -0.123. The number of para-hydroxylation sites is 1. The molecule has 29 heavy (non-hydrogen) atoms. The van der Waals surface area contributed by atoms with Crippen LogP contribution in [0.15, 0.2) is 52.9 Å². The van der Waals surface area contributed by atoms with Crippen molar-refractivity contribution < 1.29 is 23.9 Å². The van der Waals surface area contributed by atoms with Crippen LogP contribution >= 0.6 is 22.6 Å². The molecule has 3 amide bonds. The van der Waals surface area contributed by atoms with Crippen LogP contribution in [0.25, 0.3) is 11.0 Å². The maximum absolute atomic E-state index is 12.5. The van der Waals surface area contributed by atoms with Gasteiger partial charge in [-0.2, -0.15) is 0 Å². The molecule has 0 bridgehead atoms.